The molecule has 390 valence electrons. The number of aldehydes is 1. The van der Waals surface area contributed by atoms with Crippen LogP contribution in [0, 0.1) is 20.8 Å². The van der Waals surface area contributed by atoms with Crippen LogP contribution in [0.25, 0.3) is 11.1 Å². The van der Waals surface area contributed by atoms with Crippen LogP contribution in [0.5, 0.6) is 5.75 Å². The van der Waals surface area contributed by atoms with E-state index in [-0.39, 0.29) is 59.5 Å². The molecule has 3 saturated heterocycles. The van der Waals surface area contributed by atoms with Crippen molar-refractivity contribution in [3.05, 3.63) is 116 Å². The number of aromatic amines is 1. The fourth-order valence-electron chi connectivity index (χ4n) is 10.2. The molecule has 3 aliphatic heterocycles. The molecule has 17 nitrogen and oxygen atoms in total. The first-order valence-corrected chi connectivity index (χ1v) is 25.8. The number of amides is 5. The molecule has 7 rings (SSSR count). The van der Waals surface area contributed by atoms with E-state index >= 15 is 0 Å². The molecule has 4 aromatic rings. The third kappa shape index (κ3) is 14.1. The molecule has 1 aromatic heterocycles. The second-order valence-corrected chi connectivity index (χ2v) is 19.5. The van der Waals surface area contributed by atoms with Gasteiger partial charge in [-0.3, -0.25) is 48.7 Å². The number of benzene rings is 3. The first-order chi connectivity index (χ1) is 35.2. The third-order valence-corrected chi connectivity index (χ3v) is 14.4. The summed E-state index contributed by atoms with van der Waals surface area (Å²) in [6, 6.07) is 18.9. The van der Waals surface area contributed by atoms with Crippen molar-refractivity contribution in [3.63, 3.8) is 0 Å². The number of ether oxygens (including phenoxy) is 2. The summed E-state index contributed by atoms with van der Waals surface area (Å²) >= 11 is 0. The predicted octanol–water partition coefficient (Wildman–Crippen LogP) is 5.47. The zero-order valence-electron chi connectivity index (χ0n) is 43.1. The second kappa shape index (κ2) is 25.8. The molecule has 4 N–H and O–H groups in total. The van der Waals surface area contributed by atoms with E-state index in [1.807, 2.05) is 32.9 Å². The Morgan fingerprint density at radius 3 is 2.29 bits per heavy atom. The number of likely N-dealkylation sites (N-methyl/N-ethyl adjacent to an activating group) is 1. The van der Waals surface area contributed by atoms with Crippen molar-refractivity contribution in [3.8, 4) is 16.9 Å². The van der Waals surface area contributed by atoms with E-state index in [1.165, 1.54) is 23.6 Å². The van der Waals surface area contributed by atoms with E-state index in [1.54, 1.807) is 12.1 Å². The number of hydrogen-bond donors (Lipinski definition) is 4. The average molecular weight is 1000 g/mol. The van der Waals surface area contributed by atoms with Gasteiger partial charge < -0.3 is 34.9 Å². The van der Waals surface area contributed by atoms with Crippen molar-refractivity contribution in [2.45, 2.75) is 104 Å². The third-order valence-electron chi connectivity index (χ3n) is 14.4. The summed E-state index contributed by atoms with van der Waals surface area (Å²) in [6.07, 6.45) is 5.98. The summed E-state index contributed by atoms with van der Waals surface area (Å²) in [5, 5.41) is 8.38. The van der Waals surface area contributed by atoms with Gasteiger partial charge in [0.15, 0.2) is 6.29 Å². The van der Waals surface area contributed by atoms with Crippen LogP contribution in [0.3, 0.4) is 0 Å². The van der Waals surface area contributed by atoms with Crippen LogP contribution in [0.2, 0.25) is 0 Å². The van der Waals surface area contributed by atoms with Gasteiger partial charge in [0.2, 0.25) is 17.7 Å². The SMILES string of the molecule is CCN(c1cc(-c2ccc(CN3CCN(CC(=O)NCCCCCCOc4cccc(C=O)c4C(=O)N(C)C4CCC(=O)NC4=O)CC3)cc2)cc(C(=O)NCc2c(C)cc(C)[nH]c2=O)c1C)C1CCOCC1. The summed E-state index contributed by atoms with van der Waals surface area (Å²) in [5.74, 6) is -1.40. The van der Waals surface area contributed by atoms with Gasteiger partial charge in [-0.05, 0) is 112 Å². The summed E-state index contributed by atoms with van der Waals surface area (Å²) in [4.78, 5) is 100. The van der Waals surface area contributed by atoms with Crippen molar-refractivity contribution in [2.24, 2.45) is 0 Å². The molecule has 0 radical (unpaired) electrons. The van der Waals surface area contributed by atoms with E-state index in [0.29, 0.717) is 62.8 Å². The number of anilines is 1. The van der Waals surface area contributed by atoms with E-state index in [2.05, 4.69) is 72.9 Å². The number of hydrogen-bond acceptors (Lipinski definition) is 12. The number of nitrogens with zero attached hydrogens (tertiary/aromatic N) is 4. The number of nitrogens with one attached hydrogen (secondary N) is 4. The van der Waals surface area contributed by atoms with Gasteiger partial charge >= 0.3 is 0 Å². The highest BCUT2D eigenvalue weighted by molar-refractivity contribution is 6.07. The Labute approximate surface area is 428 Å². The van der Waals surface area contributed by atoms with Gasteiger partial charge in [-0.25, -0.2) is 0 Å². The molecule has 73 heavy (non-hydrogen) atoms. The van der Waals surface area contributed by atoms with Gasteiger partial charge in [-0.2, -0.15) is 0 Å². The van der Waals surface area contributed by atoms with E-state index < -0.39 is 17.9 Å². The van der Waals surface area contributed by atoms with Crippen molar-refractivity contribution in [2.75, 3.05) is 77.6 Å². The largest absolute Gasteiger partial charge is 0.493 e. The first-order valence-electron chi connectivity index (χ1n) is 25.8. The summed E-state index contributed by atoms with van der Waals surface area (Å²) in [6.45, 7) is 15.5. The number of piperidine rings is 1. The summed E-state index contributed by atoms with van der Waals surface area (Å²) in [5.41, 5.74) is 7.89. The number of carbonyl (C=O) groups excluding carboxylic acids is 6. The monoisotopic (exact) mass is 1000 g/mol. The lowest BCUT2D eigenvalue weighted by Gasteiger charge is -2.37. The van der Waals surface area contributed by atoms with E-state index in [0.717, 1.165) is 105 Å². The topological polar surface area (TPSA) is 203 Å². The molecule has 3 aromatic carbocycles. The predicted molar refractivity (Wildman–Crippen MR) is 280 cm³/mol. The number of unbranched alkanes of at least 4 members (excludes halogenated alkanes) is 3. The van der Waals surface area contributed by atoms with Crippen LogP contribution in [0.1, 0.15) is 117 Å². The number of carbonyl (C=O) groups is 6. The van der Waals surface area contributed by atoms with Crippen LogP contribution in [0.15, 0.2) is 65.5 Å². The number of pyridine rings is 1. The van der Waals surface area contributed by atoms with Crippen LogP contribution in [-0.2, 0) is 32.2 Å². The Bertz CT molecular complexity index is 2670. The summed E-state index contributed by atoms with van der Waals surface area (Å²) in [7, 11) is 1.48. The Hall–Kier alpha value is -6.69. The van der Waals surface area contributed by atoms with Gasteiger partial charge in [0.1, 0.15) is 11.8 Å². The van der Waals surface area contributed by atoms with Crippen LogP contribution >= 0.6 is 0 Å². The maximum Gasteiger partial charge on any atom is 0.258 e. The molecule has 0 bridgehead atoms. The molecule has 4 heterocycles. The molecule has 0 aliphatic carbocycles. The normalized spacial score (nSPS) is 16.6. The molecule has 17 heteroatoms. The van der Waals surface area contributed by atoms with Crippen molar-refractivity contribution in [1.29, 1.82) is 0 Å². The average Bonchev–Trinajstić information content (AvgIpc) is 3.38. The minimum Gasteiger partial charge on any atom is -0.493 e. The highest BCUT2D eigenvalue weighted by Crippen LogP contribution is 2.34. The fourth-order valence-corrected chi connectivity index (χ4v) is 10.2. The Kier molecular flexibility index (Phi) is 19.1. The minimum atomic E-state index is -0.829. The zero-order chi connectivity index (χ0) is 52.0. The number of rotatable bonds is 22. The Balaban J connectivity index is 0.847. The fraction of sp³-hybridized carbons (Fsp3) is 0.482. The lowest BCUT2D eigenvalue weighted by atomic mass is 9.94. The second-order valence-electron chi connectivity index (χ2n) is 19.5. The van der Waals surface area contributed by atoms with Crippen molar-refractivity contribution < 1.29 is 38.2 Å². The molecule has 0 saturated carbocycles. The van der Waals surface area contributed by atoms with Crippen molar-refractivity contribution in [1.82, 2.24) is 35.6 Å². The molecule has 1 atom stereocenters. The van der Waals surface area contributed by atoms with Gasteiger partial charge in [0, 0.05) is 113 Å². The van der Waals surface area contributed by atoms with E-state index in [9.17, 15) is 33.6 Å². The number of imide groups is 1. The molecule has 3 aliphatic rings. The zero-order valence-corrected chi connectivity index (χ0v) is 43.1. The molecule has 1 unspecified atom stereocenters. The number of H-pyrrole nitrogens is 1. The molecule has 5 amide bonds. The quantitative estimate of drug-likeness (QED) is 0.0441. The maximum absolute atomic E-state index is 14.0. The standard InChI is InChI=1S/C56H72N8O9/c1-6-64(44-20-28-72-29-21-44)48-32-43(31-45(39(48)4)53(68)58-33-46-37(2)30-38(3)59-54(46)69)41-16-14-40(15-17-41)34-62-23-25-63(26-24-62)35-51(67)57-22-9-7-8-10-27-73-49-13-11-12-42(36-65)52(49)56(71)61(5)47-18-19-50(66)60-55(47)70/h11-17,30-32,36,44,47H,6-10,18-29,33-35H2,1-5H3,(H,57,67)(H,58,68)(H,59,69)(H,60,66,70). The minimum absolute atomic E-state index is 0.00762. The lowest BCUT2D eigenvalue weighted by molar-refractivity contribution is -0.136. The van der Waals surface area contributed by atoms with E-state index in [4.69, 9.17) is 9.47 Å². The highest BCUT2D eigenvalue weighted by atomic mass is 16.5. The Morgan fingerprint density at radius 1 is 0.863 bits per heavy atom. The molecule has 0 spiro atoms. The smallest absolute Gasteiger partial charge is 0.258 e. The number of aryl methyl sites for hydroxylation is 2. The number of piperazine rings is 1. The molecular weight excluding hydrogens is 929 g/mol. The summed E-state index contributed by atoms with van der Waals surface area (Å²) < 4.78 is 11.7. The van der Waals surface area contributed by atoms with Gasteiger partial charge in [0.05, 0.1) is 18.7 Å². The van der Waals surface area contributed by atoms with Gasteiger partial charge in [0.25, 0.3) is 17.4 Å². The van der Waals surface area contributed by atoms with Crippen LogP contribution < -0.4 is 31.1 Å². The lowest BCUT2D eigenvalue weighted by Crippen LogP contribution is -2.53. The van der Waals surface area contributed by atoms with Crippen molar-refractivity contribution >= 4 is 41.5 Å². The van der Waals surface area contributed by atoms with Gasteiger partial charge in [-0.1, -0.05) is 49.2 Å². The highest BCUT2D eigenvalue weighted by Gasteiger charge is 2.34. The molecular formula is C56H72N8O9. The number of aromatic nitrogens is 1. The Morgan fingerprint density at radius 2 is 1.59 bits per heavy atom. The maximum atomic E-state index is 14.0. The van der Waals surface area contributed by atoms with Crippen LogP contribution in [-0.4, -0.2) is 140 Å². The molecule has 3 fully saturated rings. The van der Waals surface area contributed by atoms with Crippen LogP contribution in [0.4, 0.5) is 5.69 Å². The van der Waals surface area contributed by atoms with Gasteiger partial charge in [-0.15, -0.1) is 0 Å². The first kappa shape index (κ1) is 54.1.